The Labute approximate surface area is 130 Å². The lowest BCUT2D eigenvalue weighted by atomic mass is 9.81. The third-order valence-corrected chi connectivity index (χ3v) is 4.64. The summed E-state index contributed by atoms with van der Waals surface area (Å²) >= 11 is 0. The van der Waals surface area contributed by atoms with E-state index in [1.165, 1.54) is 50.8 Å². The van der Waals surface area contributed by atoms with Gasteiger partial charge < -0.3 is 4.74 Å². The van der Waals surface area contributed by atoms with Gasteiger partial charge in [-0.1, -0.05) is 45.7 Å². The van der Waals surface area contributed by atoms with Crippen LogP contribution in [0.1, 0.15) is 58.4 Å². The lowest BCUT2D eigenvalue weighted by Gasteiger charge is -2.26. The minimum atomic E-state index is 0.265. The van der Waals surface area contributed by atoms with Crippen LogP contribution in [-0.4, -0.2) is 31.1 Å². The van der Waals surface area contributed by atoms with Crippen molar-refractivity contribution in [2.45, 2.75) is 58.3 Å². The molecule has 0 saturated carbocycles. The molecule has 0 atom stereocenters. The summed E-state index contributed by atoms with van der Waals surface area (Å²) in [6.07, 6.45) is 6.54. The summed E-state index contributed by atoms with van der Waals surface area (Å²) < 4.78 is 5.89. The van der Waals surface area contributed by atoms with Crippen LogP contribution >= 0.6 is 0 Å². The molecule has 118 valence electrons. The maximum atomic E-state index is 5.89. The molecule has 2 nitrogen and oxygen atoms in total. The number of hydrogen-bond acceptors (Lipinski definition) is 2. The third kappa shape index (κ3) is 5.03. The Hall–Kier alpha value is -1.02. The largest absolute Gasteiger partial charge is 0.492 e. The molecule has 2 rings (SSSR count). The van der Waals surface area contributed by atoms with Crippen molar-refractivity contribution >= 4 is 0 Å². The Bertz CT molecular complexity index is 404. The Morgan fingerprint density at radius 1 is 1.05 bits per heavy atom. The van der Waals surface area contributed by atoms with E-state index >= 15 is 0 Å². The van der Waals surface area contributed by atoms with Gasteiger partial charge in [-0.05, 0) is 55.5 Å². The predicted octanol–water partition coefficient (Wildman–Crippen LogP) is 4.63. The third-order valence-electron chi connectivity index (χ3n) is 4.64. The van der Waals surface area contributed by atoms with E-state index in [0.717, 1.165) is 18.9 Å². The second-order valence-electron chi connectivity index (χ2n) is 6.91. The highest BCUT2D eigenvalue weighted by Crippen LogP contribution is 2.29. The Morgan fingerprint density at radius 3 is 2.33 bits per heavy atom. The number of rotatable bonds is 7. The van der Waals surface area contributed by atoms with Gasteiger partial charge in [0.25, 0.3) is 0 Å². The molecule has 2 heteroatoms. The number of hydrogen-bond donors (Lipinski definition) is 0. The van der Waals surface area contributed by atoms with Gasteiger partial charge in [-0.25, -0.2) is 0 Å². The van der Waals surface area contributed by atoms with E-state index in [0.29, 0.717) is 0 Å². The van der Waals surface area contributed by atoms with Crippen LogP contribution in [0.5, 0.6) is 5.75 Å². The number of ether oxygens (including phenoxy) is 1. The van der Waals surface area contributed by atoms with Gasteiger partial charge in [0.15, 0.2) is 0 Å². The lowest BCUT2D eigenvalue weighted by molar-refractivity contribution is 0.183. The molecule has 0 radical (unpaired) electrons. The molecule has 1 aliphatic heterocycles. The van der Waals surface area contributed by atoms with Crippen LogP contribution in [0.25, 0.3) is 0 Å². The molecule has 0 aliphatic carbocycles. The summed E-state index contributed by atoms with van der Waals surface area (Å²) in [5.41, 5.74) is 1.67. The molecule has 21 heavy (non-hydrogen) atoms. The first-order valence-electron chi connectivity index (χ1n) is 8.57. The predicted molar refractivity (Wildman–Crippen MR) is 90.2 cm³/mol. The fourth-order valence-corrected chi connectivity index (χ4v) is 3.25. The van der Waals surface area contributed by atoms with Gasteiger partial charge in [0.1, 0.15) is 12.4 Å². The minimum Gasteiger partial charge on any atom is -0.492 e. The van der Waals surface area contributed by atoms with Gasteiger partial charge in [-0.2, -0.15) is 0 Å². The van der Waals surface area contributed by atoms with Crippen LogP contribution < -0.4 is 4.74 Å². The minimum absolute atomic E-state index is 0.265. The zero-order valence-electron chi connectivity index (χ0n) is 14.0. The monoisotopic (exact) mass is 289 g/mol. The lowest BCUT2D eigenvalue weighted by Crippen LogP contribution is -2.33. The normalized spacial score (nSPS) is 16.9. The second kappa shape index (κ2) is 7.84. The van der Waals surface area contributed by atoms with Crippen molar-refractivity contribution in [1.29, 1.82) is 0 Å². The fraction of sp³-hybridized carbons (Fsp3) is 0.684. The number of nitrogens with zero attached hydrogens (tertiary/aromatic N) is 1. The van der Waals surface area contributed by atoms with Crippen LogP contribution in [0, 0.1) is 0 Å². The quantitative estimate of drug-likeness (QED) is 0.725. The van der Waals surface area contributed by atoms with Gasteiger partial charge in [0.2, 0.25) is 0 Å². The Balaban J connectivity index is 1.79. The zero-order chi connectivity index (χ0) is 15.1. The molecule has 0 spiro atoms. The standard InChI is InChI=1S/C19H31NO/c1-4-12-19(2,3)17-8-10-18(11-9-17)21-16-15-20-13-6-5-7-14-20/h8-11H,4-7,12-16H2,1-3H3. The summed E-state index contributed by atoms with van der Waals surface area (Å²) in [5.74, 6) is 1.00. The van der Waals surface area contributed by atoms with E-state index in [1.807, 2.05) is 0 Å². The van der Waals surface area contributed by atoms with Crippen LogP contribution in [0.15, 0.2) is 24.3 Å². The molecular weight excluding hydrogens is 258 g/mol. The van der Waals surface area contributed by atoms with Gasteiger partial charge >= 0.3 is 0 Å². The van der Waals surface area contributed by atoms with Gasteiger partial charge in [0, 0.05) is 6.54 Å². The number of likely N-dealkylation sites (tertiary alicyclic amines) is 1. The summed E-state index contributed by atoms with van der Waals surface area (Å²) in [4.78, 5) is 2.52. The SMILES string of the molecule is CCCC(C)(C)c1ccc(OCCN2CCCCC2)cc1. The van der Waals surface area contributed by atoms with E-state index in [9.17, 15) is 0 Å². The molecule has 0 aromatic heterocycles. The van der Waals surface area contributed by atoms with E-state index in [2.05, 4.69) is 49.9 Å². The van der Waals surface area contributed by atoms with Crippen molar-refractivity contribution in [2.75, 3.05) is 26.2 Å². The van der Waals surface area contributed by atoms with Gasteiger partial charge in [-0.3, -0.25) is 4.90 Å². The molecule has 0 N–H and O–H groups in total. The average Bonchev–Trinajstić information content (AvgIpc) is 2.49. The first-order valence-corrected chi connectivity index (χ1v) is 8.57. The van der Waals surface area contributed by atoms with Crippen LogP contribution in [0.2, 0.25) is 0 Å². The number of benzene rings is 1. The average molecular weight is 289 g/mol. The molecule has 0 amide bonds. The van der Waals surface area contributed by atoms with Crippen molar-refractivity contribution in [2.24, 2.45) is 0 Å². The maximum absolute atomic E-state index is 5.89. The molecule has 1 aromatic rings. The molecular formula is C19H31NO. The highest BCUT2D eigenvalue weighted by molar-refractivity contribution is 5.31. The van der Waals surface area contributed by atoms with Crippen molar-refractivity contribution in [3.8, 4) is 5.75 Å². The first-order chi connectivity index (χ1) is 10.1. The molecule has 1 heterocycles. The highest BCUT2D eigenvalue weighted by Gasteiger charge is 2.19. The molecule has 1 aromatic carbocycles. The topological polar surface area (TPSA) is 12.5 Å². The van der Waals surface area contributed by atoms with E-state index in [-0.39, 0.29) is 5.41 Å². The second-order valence-corrected chi connectivity index (χ2v) is 6.91. The number of piperidine rings is 1. The summed E-state index contributed by atoms with van der Waals surface area (Å²) in [5, 5.41) is 0. The summed E-state index contributed by atoms with van der Waals surface area (Å²) in [7, 11) is 0. The van der Waals surface area contributed by atoms with Gasteiger partial charge in [0.05, 0.1) is 0 Å². The van der Waals surface area contributed by atoms with E-state index < -0.39 is 0 Å². The van der Waals surface area contributed by atoms with Crippen LogP contribution in [-0.2, 0) is 5.41 Å². The molecule has 0 bridgehead atoms. The van der Waals surface area contributed by atoms with E-state index in [1.54, 1.807) is 0 Å². The van der Waals surface area contributed by atoms with Crippen molar-refractivity contribution in [3.63, 3.8) is 0 Å². The van der Waals surface area contributed by atoms with Crippen molar-refractivity contribution in [3.05, 3.63) is 29.8 Å². The molecule has 1 fully saturated rings. The molecule has 1 aliphatic rings. The molecule has 1 saturated heterocycles. The van der Waals surface area contributed by atoms with Crippen molar-refractivity contribution < 1.29 is 4.74 Å². The van der Waals surface area contributed by atoms with E-state index in [4.69, 9.17) is 4.74 Å². The van der Waals surface area contributed by atoms with Crippen molar-refractivity contribution in [1.82, 2.24) is 4.90 Å². The van der Waals surface area contributed by atoms with Gasteiger partial charge in [-0.15, -0.1) is 0 Å². The summed E-state index contributed by atoms with van der Waals surface area (Å²) in [6.45, 7) is 11.2. The zero-order valence-corrected chi connectivity index (χ0v) is 14.0. The maximum Gasteiger partial charge on any atom is 0.119 e. The highest BCUT2D eigenvalue weighted by atomic mass is 16.5. The first kappa shape index (κ1) is 16.4. The summed E-state index contributed by atoms with van der Waals surface area (Å²) in [6, 6.07) is 8.71. The smallest absolute Gasteiger partial charge is 0.119 e. The van der Waals surface area contributed by atoms with Crippen LogP contribution in [0.4, 0.5) is 0 Å². The Kier molecular flexibility index (Phi) is 6.10. The molecule has 0 unspecified atom stereocenters. The fourth-order valence-electron chi connectivity index (χ4n) is 3.25. The van der Waals surface area contributed by atoms with Crippen LogP contribution in [0.3, 0.4) is 0 Å². The Morgan fingerprint density at radius 2 is 1.71 bits per heavy atom.